The van der Waals surface area contributed by atoms with E-state index in [0.29, 0.717) is 0 Å². The molecule has 0 amide bonds. The third-order valence-corrected chi connectivity index (χ3v) is 0.122. The molecule has 0 aromatic carbocycles. The van der Waals surface area contributed by atoms with Crippen molar-refractivity contribution in [1.29, 1.82) is 5.41 Å². The fourth-order valence-electron chi connectivity index (χ4n) is 0. The minimum Gasteiger partial charge on any atom is -0.222 e. The molecular weight excluding hydrogens is 116 g/mol. The number of rotatable bonds is 0. The molecule has 5 heteroatoms. The topological polar surface area (TPSA) is 70.3 Å². The predicted octanol–water partition coefficient (Wildman–Crippen LogP) is 0.0680. The maximum absolute atomic E-state index is 8.81. The average molecular weight is 118 g/mol. The molecular formula is C2H2N2O2S. The van der Waals surface area contributed by atoms with Gasteiger partial charge < -0.3 is 0 Å². The standard InChI is InChI=1S/CHNOS.CHNO/c3-1-2-4;2-1-3/h4H;2H. The zero-order chi connectivity index (χ0) is 6.12. The smallest absolute Gasteiger partial charge is 0.222 e. The molecule has 0 fully saturated rings. The van der Waals surface area contributed by atoms with Crippen LogP contribution in [0.1, 0.15) is 0 Å². The van der Waals surface area contributed by atoms with Crippen molar-refractivity contribution in [3.05, 3.63) is 0 Å². The van der Waals surface area contributed by atoms with E-state index in [1.54, 1.807) is 0 Å². The van der Waals surface area contributed by atoms with Crippen molar-refractivity contribution in [2.24, 2.45) is 4.40 Å². The van der Waals surface area contributed by atoms with Crippen LogP contribution in [0.4, 0.5) is 0 Å². The van der Waals surface area contributed by atoms with E-state index in [4.69, 9.17) is 15.0 Å². The summed E-state index contributed by atoms with van der Waals surface area (Å²) in [5, 5.41) is 5.40. The van der Waals surface area contributed by atoms with Gasteiger partial charge in [0.1, 0.15) is 0 Å². The van der Waals surface area contributed by atoms with Crippen molar-refractivity contribution in [1.82, 2.24) is 0 Å². The number of carbonyl (C=O) groups excluding carboxylic acids is 2. The number of nitrogens with zero attached hydrogens (tertiary/aromatic N) is 1. The van der Waals surface area contributed by atoms with Crippen LogP contribution in [0.25, 0.3) is 0 Å². The lowest BCUT2D eigenvalue weighted by molar-refractivity contribution is 0.562. The first kappa shape index (κ1) is 9.44. The second-order valence-corrected chi connectivity index (χ2v) is 0.493. The van der Waals surface area contributed by atoms with E-state index in [1.165, 1.54) is 6.08 Å². The lowest BCUT2D eigenvalue weighted by atomic mass is 11.7. The van der Waals surface area contributed by atoms with Crippen LogP contribution >= 0.6 is 12.8 Å². The summed E-state index contributed by atoms with van der Waals surface area (Å²) < 4.78 is 2.62. The quantitative estimate of drug-likeness (QED) is 0.268. The monoisotopic (exact) mass is 118 g/mol. The van der Waals surface area contributed by atoms with Gasteiger partial charge in [0.2, 0.25) is 12.2 Å². The van der Waals surface area contributed by atoms with Gasteiger partial charge >= 0.3 is 0 Å². The highest BCUT2D eigenvalue weighted by Gasteiger charge is 1.30. The van der Waals surface area contributed by atoms with E-state index in [0.717, 1.165) is 6.08 Å². The molecule has 1 N–H and O–H groups in total. The Kier molecular flexibility index (Phi) is 26.2. The lowest BCUT2D eigenvalue weighted by Gasteiger charge is -1.34. The molecule has 0 aliphatic heterocycles. The molecule has 0 rings (SSSR count). The Balaban J connectivity index is 0. The van der Waals surface area contributed by atoms with Gasteiger partial charge in [-0.2, -0.15) is 0 Å². The first-order chi connectivity index (χ1) is 3.33. The maximum atomic E-state index is 8.81. The summed E-state index contributed by atoms with van der Waals surface area (Å²) in [6.07, 6.45) is 1.92. The molecule has 0 heterocycles. The minimum atomic E-state index is 0.750. The normalized spacial score (nSPS) is 3.57. The van der Waals surface area contributed by atoms with Gasteiger partial charge in [0.25, 0.3) is 0 Å². The zero-order valence-electron chi connectivity index (χ0n) is 3.21. The molecule has 0 bridgehead atoms. The molecule has 0 aliphatic rings. The van der Waals surface area contributed by atoms with Gasteiger partial charge in [0.15, 0.2) is 0 Å². The SMILES string of the molecule is N=C=O.O=C=NS. The molecule has 38 valence electrons. The van der Waals surface area contributed by atoms with Gasteiger partial charge in [-0.1, -0.05) is 0 Å². The van der Waals surface area contributed by atoms with E-state index in [1.807, 2.05) is 0 Å². The van der Waals surface area contributed by atoms with Crippen LogP contribution in [0.2, 0.25) is 0 Å². The highest BCUT2D eigenvalue weighted by molar-refractivity contribution is 7.78. The maximum Gasteiger partial charge on any atom is 0.247 e. The fraction of sp³-hybridized carbons (Fsp3) is 0. The molecule has 4 nitrogen and oxygen atoms in total. The summed E-state index contributed by atoms with van der Waals surface area (Å²) in [5.41, 5.74) is 0. The molecule has 0 saturated heterocycles. The van der Waals surface area contributed by atoms with E-state index in [9.17, 15) is 0 Å². The Morgan fingerprint density at radius 3 is 1.71 bits per heavy atom. The van der Waals surface area contributed by atoms with Gasteiger partial charge in [-0.3, -0.25) is 0 Å². The van der Waals surface area contributed by atoms with Crippen molar-refractivity contribution in [2.75, 3.05) is 0 Å². The van der Waals surface area contributed by atoms with E-state index in [2.05, 4.69) is 17.2 Å². The summed E-state index contributed by atoms with van der Waals surface area (Å²) in [6, 6.07) is 0. The summed E-state index contributed by atoms with van der Waals surface area (Å²) in [5.74, 6) is 0. The Labute approximate surface area is 45.3 Å². The third-order valence-electron chi connectivity index (χ3n) is 0.0408. The number of hydrogen-bond donors (Lipinski definition) is 2. The van der Waals surface area contributed by atoms with Crippen molar-refractivity contribution < 1.29 is 9.59 Å². The van der Waals surface area contributed by atoms with Gasteiger partial charge in [0.05, 0.1) is 0 Å². The first-order valence-corrected chi connectivity index (χ1v) is 1.48. The highest BCUT2D eigenvalue weighted by atomic mass is 32.1. The number of hydrogen-bond acceptors (Lipinski definition) is 5. The van der Waals surface area contributed by atoms with Crippen LogP contribution < -0.4 is 0 Å². The van der Waals surface area contributed by atoms with E-state index in [-0.39, 0.29) is 0 Å². The molecule has 0 radical (unpaired) electrons. The minimum absolute atomic E-state index is 0.750. The second kappa shape index (κ2) is 19.4. The van der Waals surface area contributed by atoms with Crippen LogP contribution in [0, 0.1) is 5.41 Å². The van der Waals surface area contributed by atoms with Crippen LogP contribution in [-0.4, -0.2) is 12.2 Å². The van der Waals surface area contributed by atoms with Crippen LogP contribution in [0.3, 0.4) is 0 Å². The van der Waals surface area contributed by atoms with Crippen LogP contribution in [0.5, 0.6) is 0 Å². The van der Waals surface area contributed by atoms with Crippen molar-refractivity contribution >= 4 is 25.0 Å². The van der Waals surface area contributed by atoms with Crippen molar-refractivity contribution in [2.45, 2.75) is 0 Å². The number of isocyanates is 2. The molecule has 0 aromatic heterocycles. The van der Waals surface area contributed by atoms with Gasteiger partial charge in [-0.05, 0) is 12.8 Å². The van der Waals surface area contributed by atoms with Gasteiger partial charge in [0, 0.05) is 0 Å². The molecule has 0 spiro atoms. The number of thiol groups is 1. The zero-order valence-corrected chi connectivity index (χ0v) is 4.11. The third kappa shape index (κ3) is 4080. The van der Waals surface area contributed by atoms with Crippen LogP contribution in [0.15, 0.2) is 4.40 Å². The highest BCUT2D eigenvalue weighted by Crippen LogP contribution is 1.58. The lowest BCUT2D eigenvalue weighted by Crippen LogP contribution is -1.26. The molecule has 0 atom stereocenters. The first-order valence-electron chi connectivity index (χ1n) is 1.08. The Morgan fingerprint density at radius 1 is 1.57 bits per heavy atom. The second-order valence-electron chi connectivity index (χ2n) is 0.293. The molecule has 0 aromatic rings. The Morgan fingerprint density at radius 2 is 1.71 bits per heavy atom. The Bertz CT molecular complexity index is 100. The number of nitrogens with one attached hydrogen (secondary N) is 1. The van der Waals surface area contributed by atoms with E-state index < -0.39 is 0 Å². The molecule has 0 saturated carbocycles. The summed E-state index contributed by atoms with van der Waals surface area (Å²) in [7, 11) is 0. The molecule has 0 aliphatic carbocycles. The summed E-state index contributed by atoms with van der Waals surface area (Å²) in [4.78, 5) is 17.2. The molecule has 0 unspecified atom stereocenters. The van der Waals surface area contributed by atoms with Crippen molar-refractivity contribution in [3.63, 3.8) is 0 Å². The predicted molar refractivity (Wildman–Crippen MR) is 25.5 cm³/mol. The van der Waals surface area contributed by atoms with Gasteiger partial charge in [-0.25, -0.2) is 15.0 Å². The average Bonchev–Trinajstić information content (AvgIpc) is 1.69. The molecule has 7 heavy (non-hydrogen) atoms. The Hall–Kier alpha value is -0.890. The summed E-state index contributed by atoms with van der Waals surface area (Å²) in [6.45, 7) is 0. The fourth-order valence-corrected chi connectivity index (χ4v) is 0. The summed E-state index contributed by atoms with van der Waals surface area (Å²) >= 11 is 3.12. The van der Waals surface area contributed by atoms with E-state index >= 15 is 0 Å². The van der Waals surface area contributed by atoms with Crippen molar-refractivity contribution in [3.8, 4) is 0 Å². The largest absolute Gasteiger partial charge is 0.247 e. The van der Waals surface area contributed by atoms with Gasteiger partial charge in [-0.15, -0.1) is 4.40 Å². The van der Waals surface area contributed by atoms with Crippen LogP contribution in [-0.2, 0) is 9.59 Å².